The molecule has 0 aliphatic carbocycles. The molecule has 142 valence electrons. The molecule has 0 unspecified atom stereocenters. The van der Waals surface area contributed by atoms with Crippen LogP contribution in [0.2, 0.25) is 0 Å². The second-order valence-electron chi connectivity index (χ2n) is 7.21. The van der Waals surface area contributed by atoms with Gasteiger partial charge >= 0.3 is 0 Å². The number of aliphatic imine (C=N–C) groups is 1. The zero-order chi connectivity index (χ0) is 18.5. The number of ether oxygens (including phenoxy) is 1. The van der Waals surface area contributed by atoms with Crippen LogP contribution in [0.15, 0.2) is 45.8 Å². The molecule has 2 aliphatic heterocycles. The zero-order valence-electron chi connectivity index (χ0n) is 15.7. The zero-order valence-corrected chi connectivity index (χ0v) is 15.7. The van der Waals surface area contributed by atoms with Gasteiger partial charge in [-0.1, -0.05) is 36.8 Å². The average Bonchev–Trinajstić information content (AvgIpc) is 3.37. The smallest absolute Gasteiger partial charge is 0.253 e. The minimum atomic E-state index is 0.229. The van der Waals surface area contributed by atoms with Gasteiger partial charge in [-0.3, -0.25) is 4.79 Å². The number of aryl methyl sites for hydroxylation is 1. The molecule has 3 heterocycles. The summed E-state index contributed by atoms with van der Waals surface area (Å²) in [6, 6.07) is 12.5. The van der Waals surface area contributed by atoms with Crippen molar-refractivity contribution in [1.29, 1.82) is 0 Å². The van der Waals surface area contributed by atoms with Crippen LogP contribution in [0.3, 0.4) is 0 Å². The van der Waals surface area contributed by atoms with Gasteiger partial charge in [0.25, 0.3) is 5.90 Å². The average molecular weight is 366 g/mol. The van der Waals surface area contributed by atoms with Crippen LogP contribution in [0, 0.1) is 0 Å². The second kappa shape index (κ2) is 8.42. The van der Waals surface area contributed by atoms with Crippen molar-refractivity contribution in [3.63, 3.8) is 0 Å². The monoisotopic (exact) mass is 366 g/mol. The number of benzene rings is 1. The highest BCUT2D eigenvalue weighted by Crippen LogP contribution is 2.25. The van der Waals surface area contributed by atoms with Gasteiger partial charge in [0.1, 0.15) is 12.4 Å². The Morgan fingerprint density at radius 1 is 1.15 bits per heavy atom. The van der Waals surface area contributed by atoms with E-state index >= 15 is 0 Å². The van der Waals surface area contributed by atoms with E-state index in [-0.39, 0.29) is 5.91 Å². The second-order valence-corrected chi connectivity index (χ2v) is 7.21. The van der Waals surface area contributed by atoms with E-state index in [1.54, 1.807) is 0 Å². The third-order valence-corrected chi connectivity index (χ3v) is 5.23. The number of furan rings is 1. The minimum absolute atomic E-state index is 0.229. The summed E-state index contributed by atoms with van der Waals surface area (Å²) in [5, 5.41) is 0. The Morgan fingerprint density at radius 2 is 2.04 bits per heavy atom. The molecular formula is C22H26N2O3. The Hall–Kier alpha value is -2.56. The number of unbranched alkanes of at least 4 members (excludes halogenated alkanes) is 2. The first kappa shape index (κ1) is 17.8. The number of rotatable bonds is 7. The Balaban J connectivity index is 1.22. The van der Waals surface area contributed by atoms with Gasteiger partial charge in [-0.05, 0) is 42.9 Å². The summed E-state index contributed by atoms with van der Waals surface area (Å²) in [5.74, 6) is 2.41. The van der Waals surface area contributed by atoms with Crippen molar-refractivity contribution in [2.45, 2.75) is 45.1 Å². The molecule has 0 bridgehead atoms. The fraction of sp³-hybridized carbons (Fsp3) is 0.455. The van der Waals surface area contributed by atoms with Gasteiger partial charge in [-0.15, -0.1) is 0 Å². The molecule has 0 fully saturated rings. The van der Waals surface area contributed by atoms with E-state index in [0.29, 0.717) is 37.8 Å². The molecule has 1 amide bonds. The molecular weight excluding hydrogens is 340 g/mol. The van der Waals surface area contributed by atoms with Crippen molar-refractivity contribution in [1.82, 2.24) is 4.90 Å². The lowest BCUT2D eigenvalue weighted by Gasteiger charge is -2.26. The summed E-state index contributed by atoms with van der Waals surface area (Å²) in [4.78, 5) is 18.8. The van der Waals surface area contributed by atoms with E-state index < -0.39 is 0 Å². The van der Waals surface area contributed by atoms with E-state index in [0.717, 1.165) is 44.4 Å². The minimum Gasteiger partial charge on any atom is -0.473 e. The molecule has 2 aliphatic rings. The third-order valence-electron chi connectivity index (χ3n) is 5.23. The van der Waals surface area contributed by atoms with Crippen LogP contribution >= 0.6 is 0 Å². The molecule has 2 aromatic rings. The number of hydrogen-bond acceptors (Lipinski definition) is 4. The van der Waals surface area contributed by atoms with E-state index in [1.165, 1.54) is 11.1 Å². The van der Waals surface area contributed by atoms with Crippen LogP contribution in [0.4, 0.5) is 0 Å². The summed E-state index contributed by atoms with van der Waals surface area (Å²) in [5.41, 5.74) is 2.55. The van der Waals surface area contributed by atoms with Gasteiger partial charge in [0, 0.05) is 13.0 Å². The van der Waals surface area contributed by atoms with Crippen molar-refractivity contribution < 1.29 is 13.9 Å². The number of nitrogens with zero attached hydrogens (tertiary/aromatic N) is 2. The fourth-order valence-electron chi connectivity index (χ4n) is 3.71. The molecule has 0 atom stereocenters. The summed E-state index contributed by atoms with van der Waals surface area (Å²) in [7, 11) is 0. The molecule has 1 aromatic carbocycles. The summed E-state index contributed by atoms with van der Waals surface area (Å²) >= 11 is 0. The predicted molar refractivity (Wildman–Crippen MR) is 104 cm³/mol. The molecule has 0 radical (unpaired) electrons. The highest BCUT2D eigenvalue weighted by atomic mass is 16.5. The molecule has 5 nitrogen and oxygen atoms in total. The predicted octanol–water partition coefficient (Wildman–Crippen LogP) is 3.74. The lowest BCUT2D eigenvalue weighted by Crippen LogP contribution is -2.35. The van der Waals surface area contributed by atoms with Gasteiger partial charge in [-0.2, -0.15) is 0 Å². The number of carbonyl (C=O) groups excluding carboxylic acids is 1. The van der Waals surface area contributed by atoms with Crippen LogP contribution in [0.1, 0.15) is 48.3 Å². The van der Waals surface area contributed by atoms with Crippen LogP contribution in [0.25, 0.3) is 0 Å². The van der Waals surface area contributed by atoms with Crippen molar-refractivity contribution in [3.8, 4) is 0 Å². The topological polar surface area (TPSA) is 55.0 Å². The highest BCUT2D eigenvalue weighted by molar-refractivity contribution is 5.92. The van der Waals surface area contributed by atoms with Gasteiger partial charge < -0.3 is 14.1 Å². The lowest BCUT2D eigenvalue weighted by molar-refractivity contribution is -0.132. The molecule has 4 rings (SSSR count). The summed E-state index contributed by atoms with van der Waals surface area (Å²) in [6.45, 7) is 2.64. The Morgan fingerprint density at radius 3 is 2.85 bits per heavy atom. The van der Waals surface area contributed by atoms with Gasteiger partial charge in [-0.25, -0.2) is 4.99 Å². The van der Waals surface area contributed by atoms with Crippen LogP contribution in [0.5, 0.6) is 0 Å². The number of fused-ring (bicyclic) bond motifs is 1. The molecule has 0 N–H and O–H groups in total. The van der Waals surface area contributed by atoms with Gasteiger partial charge in [0.15, 0.2) is 5.76 Å². The van der Waals surface area contributed by atoms with Crippen LogP contribution in [-0.2, 0) is 28.9 Å². The van der Waals surface area contributed by atoms with E-state index in [1.807, 2.05) is 17.0 Å². The van der Waals surface area contributed by atoms with Gasteiger partial charge in [0.05, 0.1) is 13.1 Å². The van der Waals surface area contributed by atoms with Crippen LogP contribution in [-0.4, -0.2) is 36.4 Å². The fourth-order valence-corrected chi connectivity index (χ4v) is 3.71. The van der Waals surface area contributed by atoms with Crippen molar-refractivity contribution in [2.24, 2.45) is 4.99 Å². The summed E-state index contributed by atoms with van der Waals surface area (Å²) in [6.07, 6.45) is 5.71. The molecule has 0 saturated heterocycles. The van der Waals surface area contributed by atoms with Crippen LogP contribution < -0.4 is 0 Å². The number of carbonyl (C=O) groups is 1. The van der Waals surface area contributed by atoms with Crippen molar-refractivity contribution >= 4 is 11.8 Å². The SMILES string of the molecule is O=C(CCCCCc1ccccc1)N1CCc2cc(C3=NCCO3)oc2C1. The molecule has 27 heavy (non-hydrogen) atoms. The Bertz CT molecular complexity index is 810. The van der Waals surface area contributed by atoms with Crippen molar-refractivity contribution in [2.75, 3.05) is 19.7 Å². The normalized spacial score (nSPS) is 16.0. The quantitative estimate of drug-likeness (QED) is 0.702. The standard InChI is InChI=1S/C22H26N2O3/c25-21(10-6-2-5-9-17-7-3-1-4-8-17)24-13-11-18-15-19(27-20(18)16-24)22-23-12-14-26-22/h1,3-4,7-8,15H,2,5-6,9-14,16H2. The lowest BCUT2D eigenvalue weighted by atomic mass is 10.0. The maximum atomic E-state index is 12.5. The van der Waals surface area contributed by atoms with Gasteiger partial charge in [0.2, 0.25) is 5.91 Å². The summed E-state index contributed by atoms with van der Waals surface area (Å²) < 4.78 is 11.4. The molecule has 0 spiro atoms. The van der Waals surface area contributed by atoms with E-state index in [2.05, 4.69) is 29.3 Å². The first-order valence-corrected chi connectivity index (χ1v) is 9.90. The van der Waals surface area contributed by atoms with Crippen molar-refractivity contribution in [3.05, 3.63) is 59.0 Å². The first-order valence-electron chi connectivity index (χ1n) is 9.90. The molecule has 0 saturated carbocycles. The molecule has 1 aromatic heterocycles. The Kier molecular flexibility index (Phi) is 5.56. The molecule has 5 heteroatoms. The highest BCUT2D eigenvalue weighted by Gasteiger charge is 2.26. The maximum Gasteiger partial charge on any atom is 0.253 e. The largest absolute Gasteiger partial charge is 0.473 e. The van der Waals surface area contributed by atoms with E-state index in [4.69, 9.17) is 9.15 Å². The third kappa shape index (κ3) is 4.41. The first-order chi connectivity index (χ1) is 13.3. The number of amides is 1. The maximum absolute atomic E-state index is 12.5. The Labute approximate surface area is 160 Å². The number of hydrogen-bond donors (Lipinski definition) is 0. The van der Waals surface area contributed by atoms with E-state index in [9.17, 15) is 4.79 Å².